The van der Waals surface area contributed by atoms with Gasteiger partial charge in [0.1, 0.15) is 35.6 Å². The molecular formula is C23H26ClIN4O6. The fraction of sp³-hybridized carbons (Fsp3) is 0.478. The molecule has 1 aliphatic heterocycles. The summed E-state index contributed by atoms with van der Waals surface area (Å²) in [6.45, 7) is 1.87. The van der Waals surface area contributed by atoms with Gasteiger partial charge >= 0.3 is 0 Å². The number of alkyl halides is 1. The lowest BCUT2D eigenvalue weighted by atomic mass is 10.0. The number of aliphatic hydroxyl groups excluding tert-OH is 2. The van der Waals surface area contributed by atoms with Crippen molar-refractivity contribution in [1.29, 1.82) is 0 Å². The van der Waals surface area contributed by atoms with E-state index in [2.05, 4.69) is 39.5 Å². The Morgan fingerprint density at radius 1 is 1.40 bits per heavy atom. The Labute approximate surface area is 220 Å². The molecule has 1 aromatic carbocycles. The lowest BCUT2D eigenvalue weighted by Crippen LogP contribution is -2.24. The maximum absolute atomic E-state index is 11.7. The number of ether oxygens (including phenoxy) is 2. The zero-order valence-electron chi connectivity index (χ0n) is 19.0. The van der Waals surface area contributed by atoms with Gasteiger partial charge in [-0.2, -0.15) is 0 Å². The minimum atomic E-state index is -0.809. The van der Waals surface area contributed by atoms with Crippen molar-refractivity contribution < 1.29 is 24.6 Å². The summed E-state index contributed by atoms with van der Waals surface area (Å²) in [4.78, 5) is 19.8. The average Bonchev–Trinajstić information content (AvgIpc) is 3.40. The average molecular weight is 617 g/mol. The Kier molecular flexibility index (Phi) is 8.55. The lowest BCUT2D eigenvalue weighted by molar-refractivity contribution is -0.386. The standard InChI is InChI=1S/C23H26ClIN4O6/c1-2-5-15(25)21(14-6-3-4-7-16(14)29(32)33)34-11-13-9-28(19-8-17(31)18(10-30)35-19)23-20(13)22(24)26-12-27-23/h3-4,6-7,9,12,15,17-19,21,30-31H,2,5,8,10-11H2,1H3/t15?,17?,18-,19-,21-/m1/s1. The Balaban J connectivity index is 1.68. The Morgan fingerprint density at radius 2 is 2.17 bits per heavy atom. The van der Waals surface area contributed by atoms with Crippen LogP contribution >= 0.6 is 34.2 Å². The molecule has 1 aliphatic rings. The molecular weight excluding hydrogens is 591 g/mol. The van der Waals surface area contributed by atoms with Gasteiger partial charge in [0.25, 0.3) is 5.69 Å². The fourth-order valence-electron chi connectivity index (χ4n) is 4.39. The number of nitrogens with zero attached hydrogens (tertiary/aromatic N) is 4. The summed E-state index contributed by atoms with van der Waals surface area (Å²) in [7, 11) is 0. The van der Waals surface area contributed by atoms with E-state index in [9.17, 15) is 20.3 Å². The van der Waals surface area contributed by atoms with Gasteiger partial charge in [-0.15, -0.1) is 0 Å². The Bertz CT molecular complexity index is 1190. The second-order valence-corrected chi connectivity index (χ2v) is 10.3. The normalized spacial score (nSPS) is 21.9. The van der Waals surface area contributed by atoms with Crippen LogP contribution in [0.2, 0.25) is 5.15 Å². The molecule has 4 rings (SSSR count). The topological polar surface area (TPSA) is 133 Å². The van der Waals surface area contributed by atoms with Gasteiger partial charge in [0.2, 0.25) is 0 Å². The molecule has 2 aromatic heterocycles. The molecule has 188 valence electrons. The van der Waals surface area contributed by atoms with E-state index in [-0.39, 0.29) is 34.4 Å². The summed E-state index contributed by atoms with van der Waals surface area (Å²) in [5.74, 6) is 0. The molecule has 0 aliphatic carbocycles. The third kappa shape index (κ3) is 5.44. The summed E-state index contributed by atoms with van der Waals surface area (Å²) in [6, 6.07) is 6.62. The highest BCUT2D eigenvalue weighted by Crippen LogP contribution is 2.38. The number of hydrogen-bond acceptors (Lipinski definition) is 8. The van der Waals surface area contributed by atoms with E-state index < -0.39 is 29.5 Å². The molecule has 35 heavy (non-hydrogen) atoms. The van der Waals surface area contributed by atoms with E-state index >= 15 is 0 Å². The van der Waals surface area contributed by atoms with Gasteiger partial charge < -0.3 is 24.3 Å². The number of para-hydroxylation sites is 1. The first-order chi connectivity index (χ1) is 16.8. The van der Waals surface area contributed by atoms with Crippen LogP contribution in [0.4, 0.5) is 5.69 Å². The van der Waals surface area contributed by atoms with E-state index in [1.54, 1.807) is 29.0 Å². The van der Waals surface area contributed by atoms with Crippen LogP contribution in [-0.2, 0) is 16.1 Å². The van der Waals surface area contributed by atoms with Crippen LogP contribution < -0.4 is 0 Å². The minimum absolute atomic E-state index is 0.00241. The molecule has 3 heterocycles. The molecule has 5 atom stereocenters. The molecule has 0 spiro atoms. The highest BCUT2D eigenvalue weighted by atomic mass is 127. The first-order valence-electron chi connectivity index (χ1n) is 11.3. The van der Waals surface area contributed by atoms with Crippen LogP contribution in [0.3, 0.4) is 0 Å². The summed E-state index contributed by atoms with van der Waals surface area (Å²) in [5, 5.41) is 32.2. The third-order valence-corrected chi connectivity index (χ3v) is 7.65. The van der Waals surface area contributed by atoms with Crippen molar-refractivity contribution in [2.24, 2.45) is 0 Å². The van der Waals surface area contributed by atoms with Crippen molar-refractivity contribution in [2.45, 2.75) is 61.3 Å². The highest BCUT2D eigenvalue weighted by molar-refractivity contribution is 14.1. The third-order valence-electron chi connectivity index (χ3n) is 6.09. The van der Waals surface area contributed by atoms with E-state index in [1.807, 2.05) is 0 Å². The molecule has 0 radical (unpaired) electrons. The van der Waals surface area contributed by atoms with Crippen molar-refractivity contribution in [3.05, 3.63) is 63.2 Å². The van der Waals surface area contributed by atoms with Gasteiger partial charge in [-0.1, -0.05) is 59.7 Å². The fourth-order valence-corrected chi connectivity index (χ4v) is 5.86. The highest BCUT2D eigenvalue weighted by Gasteiger charge is 2.36. The van der Waals surface area contributed by atoms with E-state index in [0.717, 1.165) is 12.8 Å². The lowest BCUT2D eigenvalue weighted by Gasteiger charge is -2.23. The van der Waals surface area contributed by atoms with Crippen molar-refractivity contribution >= 4 is 50.9 Å². The summed E-state index contributed by atoms with van der Waals surface area (Å²) >= 11 is 8.72. The quantitative estimate of drug-likeness (QED) is 0.112. The van der Waals surface area contributed by atoms with Gasteiger partial charge in [0.05, 0.1) is 35.2 Å². The van der Waals surface area contributed by atoms with Gasteiger partial charge in [-0.25, -0.2) is 9.97 Å². The van der Waals surface area contributed by atoms with Gasteiger partial charge in [-0.05, 0) is 12.5 Å². The van der Waals surface area contributed by atoms with Crippen LogP contribution in [-0.4, -0.2) is 52.4 Å². The van der Waals surface area contributed by atoms with Crippen LogP contribution in [0.5, 0.6) is 0 Å². The van der Waals surface area contributed by atoms with E-state index in [4.69, 9.17) is 21.1 Å². The number of hydrogen-bond donors (Lipinski definition) is 2. The molecule has 0 saturated carbocycles. The van der Waals surface area contributed by atoms with Crippen molar-refractivity contribution in [3.8, 4) is 0 Å². The largest absolute Gasteiger partial charge is 0.394 e. The summed E-state index contributed by atoms with van der Waals surface area (Å²) < 4.78 is 13.9. The van der Waals surface area contributed by atoms with Crippen molar-refractivity contribution in [3.63, 3.8) is 0 Å². The van der Waals surface area contributed by atoms with Crippen molar-refractivity contribution in [2.75, 3.05) is 6.61 Å². The number of benzene rings is 1. The Hall–Kier alpha value is -1.90. The molecule has 2 N–H and O–H groups in total. The maximum Gasteiger partial charge on any atom is 0.275 e. The number of aromatic nitrogens is 3. The zero-order chi connectivity index (χ0) is 25.1. The summed E-state index contributed by atoms with van der Waals surface area (Å²) in [6.07, 6.45) is 2.57. The molecule has 0 amide bonds. The van der Waals surface area contributed by atoms with E-state index in [0.29, 0.717) is 22.2 Å². The Morgan fingerprint density at radius 3 is 2.86 bits per heavy atom. The monoisotopic (exact) mass is 616 g/mol. The SMILES string of the molecule is CCCC(I)[C@H](OCc1cn([C@H]2CC(O)[C@@H](CO)O2)c2ncnc(Cl)c12)c1ccccc1[N+](=O)[O-]. The number of aliphatic hydroxyl groups is 2. The molecule has 3 aromatic rings. The number of rotatable bonds is 10. The smallest absolute Gasteiger partial charge is 0.275 e. The number of nitro groups is 1. The molecule has 1 fully saturated rings. The molecule has 1 saturated heterocycles. The molecule has 10 nitrogen and oxygen atoms in total. The minimum Gasteiger partial charge on any atom is -0.394 e. The number of fused-ring (bicyclic) bond motifs is 1. The molecule has 0 bridgehead atoms. The van der Waals surface area contributed by atoms with Gasteiger partial charge in [0, 0.05) is 28.2 Å². The van der Waals surface area contributed by atoms with E-state index in [1.165, 1.54) is 12.4 Å². The van der Waals surface area contributed by atoms with Gasteiger partial charge in [0.15, 0.2) is 0 Å². The second kappa shape index (κ2) is 11.4. The first-order valence-corrected chi connectivity index (χ1v) is 12.9. The number of halogens is 2. The summed E-state index contributed by atoms with van der Waals surface area (Å²) in [5.41, 5.74) is 1.74. The second-order valence-electron chi connectivity index (χ2n) is 8.39. The maximum atomic E-state index is 11.7. The predicted octanol–water partition coefficient (Wildman–Crippen LogP) is 4.50. The molecule has 12 heteroatoms. The van der Waals surface area contributed by atoms with Crippen LogP contribution in [0.1, 0.15) is 49.6 Å². The van der Waals surface area contributed by atoms with Crippen LogP contribution in [0, 0.1) is 10.1 Å². The predicted molar refractivity (Wildman–Crippen MR) is 137 cm³/mol. The van der Waals surface area contributed by atoms with Crippen LogP contribution in [0.15, 0.2) is 36.8 Å². The molecule has 2 unspecified atom stereocenters. The van der Waals surface area contributed by atoms with Crippen molar-refractivity contribution in [1.82, 2.24) is 14.5 Å². The van der Waals surface area contributed by atoms with Gasteiger partial charge in [-0.3, -0.25) is 10.1 Å². The zero-order valence-corrected chi connectivity index (χ0v) is 21.9. The van der Waals surface area contributed by atoms with Crippen LogP contribution in [0.25, 0.3) is 11.0 Å². The number of nitro benzene ring substituents is 1. The first kappa shape index (κ1) is 26.2.